The molecule has 108 valence electrons. The zero-order chi connectivity index (χ0) is 15.1. The number of H-pyrrole nitrogens is 1. The first kappa shape index (κ1) is 14.4. The molecular weight excluding hydrogens is 292 g/mol. The van der Waals surface area contributed by atoms with Crippen LogP contribution in [-0.4, -0.2) is 30.2 Å². The van der Waals surface area contributed by atoms with E-state index >= 15 is 0 Å². The van der Waals surface area contributed by atoms with Crippen molar-refractivity contribution in [3.8, 4) is 0 Å². The number of aromatic carboxylic acids is 1. The Morgan fingerprint density at radius 3 is 2.55 bits per heavy atom. The summed E-state index contributed by atoms with van der Waals surface area (Å²) in [5.74, 6) is -4.78. The van der Waals surface area contributed by atoms with Gasteiger partial charge in [0.15, 0.2) is 0 Å². The van der Waals surface area contributed by atoms with Crippen molar-refractivity contribution in [2.75, 3.05) is 0 Å². The first-order valence-electron chi connectivity index (χ1n) is 5.69. The summed E-state index contributed by atoms with van der Waals surface area (Å²) in [6, 6.07) is 3.29. The second-order valence-electron chi connectivity index (χ2n) is 4.15. The second-order valence-corrected chi connectivity index (χ2v) is 6.07. The van der Waals surface area contributed by atoms with Crippen LogP contribution < -0.4 is 0 Å². The van der Waals surface area contributed by atoms with E-state index in [1.807, 2.05) is 0 Å². The molecule has 0 aliphatic rings. The molecule has 0 saturated heterocycles. The van der Waals surface area contributed by atoms with Gasteiger partial charge in [-0.15, -0.1) is 0 Å². The molecule has 0 aliphatic carbocycles. The molecule has 2 N–H and O–H groups in total. The zero-order valence-corrected chi connectivity index (χ0v) is 11.2. The molecule has 0 radical (unpaired) electrons. The third-order valence-corrected chi connectivity index (χ3v) is 4.36. The molecule has 1 heterocycles. The molecule has 1 aromatic heterocycles. The Hall–Kier alpha value is -1.96. The predicted molar refractivity (Wildman–Crippen MR) is 67.8 cm³/mol. The maximum Gasteiger partial charge on any atom is 0.341 e. The minimum absolute atomic E-state index is 0.0891. The summed E-state index contributed by atoms with van der Waals surface area (Å²) >= 11 is 0. The molecule has 0 bridgehead atoms. The maximum atomic E-state index is 12.5. The van der Waals surface area contributed by atoms with E-state index < -0.39 is 26.5 Å². The second kappa shape index (κ2) is 4.86. The summed E-state index contributed by atoms with van der Waals surface area (Å²) in [7, 11) is -4.75. The van der Waals surface area contributed by atoms with Crippen LogP contribution >= 0.6 is 0 Å². The van der Waals surface area contributed by atoms with Crippen molar-refractivity contribution < 1.29 is 27.1 Å². The lowest BCUT2D eigenvalue weighted by molar-refractivity contribution is 0.0698. The van der Waals surface area contributed by atoms with Crippen LogP contribution in [0.4, 0.5) is 8.78 Å². The van der Waals surface area contributed by atoms with Gasteiger partial charge in [-0.1, -0.05) is 6.92 Å². The third-order valence-electron chi connectivity index (χ3n) is 2.98. The fourth-order valence-electron chi connectivity index (χ4n) is 2.02. The molecule has 0 amide bonds. The molecule has 0 unspecified atom stereocenters. The summed E-state index contributed by atoms with van der Waals surface area (Å²) < 4.78 is 47.9. The lowest BCUT2D eigenvalue weighted by atomic mass is 10.1. The van der Waals surface area contributed by atoms with Gasteiger partial charge in [-0.25, -0.2) is 13.2 Å². The highest BCUT2D eigenvalue weighted by molar-refractivity contribution is 7.91. The van der Waals surface area contributed by atoms with Crippen LogP contribution in [0.2, 0.25) is 0 Å². The number of carboxylic acids is 1. The van der Waals surface area contributed by atoms with E-state index in [1.165, 1.54) is 6.07 Å². The lowest BCUT2D eigenvalue weighted by Gasteiger charge is -2.03. The highest BCUT2D eigenvalue weighted by Crippen LogP contribution is 2.28. The number of carboxylic acid groups (broad SMARTS) is 1. The number of alkyl halides is 2. The average Bonchev–Trinajstić information content (AvgIpc) is 2.75. The Kier molecular flexibility index (Phi) is 3.51. The molecule has 1 aromatic carbocycles. The fourth-order valence-corrected chi connectivity index (χ4v) is 2.76. The summed E-state index contributed by atoms with van der Waals surface area (Å²) in [4.78, 5) is 13.5. The zero-order valence-electron chi connectivity index (χ0n) is 10.4. The fraction of sp³-hybridized carbons (Fsp3) is 0.250. The van der Waals surface area contributed by atoms with Gasteiger partial charge in [0, 0.05) is 16.6 Å². The Morgan fingerprint density at radius 1 is 1.40 bits per heavy atom. The van der Waals surface area contributed by atoms with Gasteiger partial charge in [0.1, 0.15) is 0 Å². The first-order chi connectivity index (χ1) is 9.28. The van der Waals surface area contributed by atoms with Crippen molar-refractivity contribution in [3.63, 3.8) is 0 Å². The van der Waals surface area contributed by atoms with E-state index in [-0.39, 0.29) is 10.9 Å². The van der Waals surface area contributed by atoms with Crippen LogP contribution in [0.25, 0.3) is 10.9 Å². The molecule has 2 aromatic rings. The van der Waals surface area contributed by atoms with Gasteiger partial charge in [-0.3, -0.25) is 0 Å². The van der Waals surface area contributed by atoms with Crippen molar-refractivity contribution in [2.24, 2.45) is 0 Å². The average molecular weight is 303 g/mol. The highest BCUT2D eigenvalue weighted by Gasteiger charge is 2.28. The van der Waals surface area contributed by atoms with Gasteiger partial charge in [0.2, 0.25) is 9.84 Å². The van der Waals surface area contributed by atoms with Crippen molar-refractivity contribution >= 4 is 26.7 Å². The molecule has 20 heavy (non-hydrogen) atoms. The van der Waals surface area contributed by atoms with Gasteiger partial charge in [-0.05, 0) is 24.6 Å². The minimum atomic E-state index is -4.75. The Balaban J connectivity index is 2.77. The number of nitrogens with one attached hydrogen (secondary N) is 1. The van der Waals surface area contributed by atoms with Gasteiger partial charge >= 0.3 is 11.7 Å². The number of aryl methyl sites for hydroxylation is 1. The molecule has 2 rings (SSSR count). The van der Waals surface area contributed by atoms with Crippen LogP contribution in [0.5, 0.6) is 0 Å². The molecule has 0 aliphatic heterocycles. The number of aromatic nitrogens is 1. The topological polar surface area (TPSA) is 87.2 Å². The normalized spacial score (nSPS) is 12.2. The SMILES string of the molecule is CCc1[nH]c2ccc(S(=O)(=O)C(F)F)cc2c1C(=O)O. The van der Waals surface area contributed by atoms with E-state index in [9.17, 15) is 22.0 Å². The first-order valence-corrected chi connectivity index (χ1v) is 7.23. The molecule has 0 atom stereocenters. The molecule has 0 fully saturated rings. The number of halogens is 2. The highest BCUT2D eigenvalue weighted by atomic mass is 32.2. The summed E-state index contributed by atoms with van der Waals surface area (Å²) in [6.07, 6.45) is 0.396. The van der Waals surface area contributed by atoms with Crippen LogP contribution in [0, 0.1) is 0 Å². The number of hydrogen-bond acceptors (Lipinski definition) is 3. The van der Waals surface area contributed by atoms with Gasteiger partial charge in [-0.2, -0.15) is 8.78 Å². The maximum absolute atomic E-state index is 12.5. The van der Waals surface area contributed by atoms with Crippen LogP contribution in [0.1, 0.15) is 23.0 Å². The third kappa shape index (κ3) is 2.15. The van der Waals surface area contributed by atoms with Crippen LogP contribution in [0.3, 0.4) is 0 Å². The molecule has 5 nitrogen and oxygen atoms in total. The van der Waals surface area contributed by atoms with Crippen molar-refractivity contribution in [3.05, 3.63) is 29.5 Å². The minimum Gasteiger partial charge on any atom is -0.478 e. The van der Waals surface area contributed by atoms with Gasteiger partial charge < -0.3 is 10.1 Å². The van der Waals surface area contributed by atoms with Crippen LogP contribution in [-0.2, 0) is 16.3 Å². The standard InChI is InChI=1S/C12H11F2NO4S/c1-2-8-10(11(16)17)7-5-6(3-4-9(7)15-8)20(18,19)12(13)14/h3-5,12,15H,2H2,1H3,(H,16,17). The number of aromatic amines is 1. The quantitative estimate of drug-likeness (QED) is 0.908. The van der Waals surface area contributed by atoms with E-state index in [1.54, 1.807) is 6.92 Å². The number of carbonyl (C=O) groups is 1. The molecule has 0 saturated carbocycles. The van der Waals surface area contributed by atoms with Crippen molar-refractivity contribution in [1.82, 2.24) is 4.98 Å². The number of hydrogen-bond donors (Lipinski definition) is 2. The smallest absolute Gasteiger partial charge is 0.341 e. The summed E-state index contributed by atoms with van der Waals surface area (Å²) in [5.41, 5.74) is 0.723. The predicted octanol–water partition coefficient (Wildman–Crippen LogP) is 2.42. The van der Waals surface area contributed by atoms with Gasteiger partial charge in [0.05, 0.1) is 10.5 Å². The molecule has 0 spiro atoms. The van der Waals surface area contributed by atoms with E-state index in [4.69, 9.17) is 5.11 Å². The number of benzene rings is 1. The van der Waals surface area contributed by atoms with Crippen molar-refractivity contribution in [1.29, 1.82) is 0 Å². The number of rotatable bonds is 4. The Morgan fingerprint density at radius 2 is 2.05 bits per heavy atom. The van der Waals surface area contributed by atoms with E-state index in [2.05, 4.69) is 4.98 Å². The van der Waals surface area contributed by atoms with Crippen LogP contribution in [0.15, 0.2) is 23.1 Å². The van der Waals surface area contributed by atoms with Gasteiger partial charge in [0.25, 0.3) is 0 Å². The van der Waals surface area contributed by atoms with Crippen molar-refractivity contribution in [2.45, 2.75) is 24.0 Å². The lowest BCUT2D eigenvalue weighted by Crippen LogP contribution is -2.11. The number of fused-ring (bicyclic) bond motifs is 1. The molecule has 8 heteroatoms. The van der Waals surface area contributed by atoms with E-state index in [0.29, 0.717) is 17.6 Å². The Bertz CT molecular complexity index is 780. The molecular formula is C12H11F2NO4S. The van der Waals surface area contributed by atoms with E-state index in [0.717, 1.165) is 12.1 Å². The monoisotopic (exact) mass is 303 g/mol. The Labute approximate surface area is 113 Å². The summed E-state index contributed by atoms with van der Waals surface area (Å²) in [6.45, 7) is 1.73. The summed E-state index contributed by atoms with van der Waals surface area (Å²) in [5, 5.41) is 9.28. The number of sulfone groups is 1. The largest absolute Gasteiger partial charge is 0.478 e.